The molecule has 0 fully saturated rings. The zero-order chi connectivity index (χ0) is 11.7. The Morgan fingerprint density at radius 3 is 1.29 bits per heavy atom. The normalized spacial score (nSPS) is 11.8. The third-order valence-electron chi connectivity index (χ3n) is 2.67. The van der Waals surface area contributed by atoms with Crippen molar-refractivity contribution in [3.63, 3.8) is 0 Å². The molecule has 3 aromatic heterocycles. The van der Waals surface area contributed by atoms with Gasteiger partial charge in [0, 0.05) is 0 Å². The Morgan fingerprint density at radius 1 is 0.706 bits per heavy atom. The van der Waals surface area contributed by atoms with Gasteiger partial charge in [0.15, 0.2) is 0 Å². The van der Waals surface area contributed by atoms with E-state index in [0.717, 1.165) is 17.3 Å². The fraction of sp³-hybridized carbons (Fsp3) is 0.0769. The van der Waals surface area contributed by atoms with Gasteiger partial charge in [-0.15, -0.1) is 0 Å². The number of furan rings is 3. The van der Waals surface area contributed by atoms with Crippen molar-refractivity contribution in [1.29, 1.82) is 0 Å². The molecule has 0 aliphatic rings. The first-order chi connectivity index (χ1) is 8.32. The van der Waals surface area contributed by atoms with Crippen LogP contribution < -0.4 is 0 Å². The van der Waals surface area contributed by atoms with Gasteiger partial charge in [-0.25, -0.2) is 0 Å². The first kappa shape index (κ1) is 10.5. The minimum absolute atomic E-state index is 0.531. The molecule has 0 bridgehead atoms. The Bertz CT molecular complexity index is 480. The van der Waals surface area contributed by atoms with Gasteiger partial charge in [-0.3, -0.25) is 0 Å². The van der Waals surface area contributed by atoms with Crippen LogP contribution >= 0.6 is 0 Å². The van der Waals surface area contributed by atoms with Gasteiger partial charge in [-0.1, -0.05) is 0 Å². The molecule has 4 heteroatoms. The van der Waals surface area contributed by atoms with E-state index in [4.69, 9.17) is 13.3 Å². The van der Waals surface area contributed by atoms with Crippen LogP contribution in [0.2, 0.25) is 0 Å². The van der Waals surface area contributed by atoms with Gasteiger partial charge < -0.3 is 0 Å². The summed E-state index contributed by atoms with van der Waals surface area (Å²) in [6.07, 6.45) is 4.96. The molecule has 3 heterocycles. The second kappa shape index (κ2) is 4.00. The van der Waals surface area contributed by atoms with Crippen molar-refractivity contribution in [1.82, 2.24) is 0 Å². The molecule has 0 aliphatic heterocycles. The van der Waals surface area contributed by atoms with Crippen LogP contribution in [-0.2, 0) is 4.25 Å². The zero-order valence-corrected chi connectivity index (χ0v) is 11.0. The van der Waals surface area contributed by atoms with Crippen molar-refractivity contribution in [3.05, 3.63) is 72.5 Å². The summed E-state index contributed by atoms with van der Waals surface area (Å²) in [5, 5.41) is 0. The molecule has 0 saturated heterocycles. The van der Waals surface area contributed by atoms with Crippen molar-refractivity contribution >= 4 is 16.5 Å². The number of hydrogen-bond donors (Lipinski definition) is 0. The summed E-state index contributed by atoms with van der Waals surface area (Å²) >= 11 is 2.02. The molecule has 0 saturated carbocycles. The fourth-order valence-corrected chi connectivity index (χ4v) is 2.74. The summed E-state index contributed by atoms with van der Waals surface area (Å²) in [6.45, 7) is 0. The van der Waals surface area contributed by atoms with Crippen LogP contribution in [0.3, 0.4) is 0 Å². The average molecular weight is 286 g/mol. The Balaban J connectivity index is 2.21. The zero-order valence-electron chi connectivity index (χ0n) is 8.92. The van der Waals surface area contributed by atoms with E-state index in [1.165, 1.54) is 0 Å². The first-order valence-electron chi connectivity index (χ1n) is 5.19. The van der Waals surface area contributed by atoms with E-state index in [1.54, 1.807) is 18.8 Å². The van der Waals surface area contributed by atoms with Crippen LogP contribution in [0.25, 0.3) is 0 Å². The summed E-state index contributed by atoms with van der Waals surface area (Å²) in [4.78, 5) is 0. The molecule has 0 unspecified atom stereocenters. The monoisotopic (exact) mass is 287 g/mol. The van der Waals surface area contributed by atoms with E-state index < -0.39 is 4.25 Å². The third kappa shape index (κ3) is 1.58. The molecule has 0 aliphatic carbocycles. The molecule has 3 radical (unpaired) electrons. The number of rotatable bonds is 3. The maximum atomic E-state index is 5.53. The maximum absolute atomic E-state index is 5.53. The quantitative estimate of drug-likeness (QED) is 0.695. The van der Waals surface area contributed by atoms with Gasteiger partial charge in [-0.05, 0) is 0 Å². The molecule has 3 nitrogen and oxygen atoms in total. The van der Waals surface area contributed by atoms with Crippen LogP contribution in [0.4, 0.5) is 0 Å². The van der Waals surface area contributed by atoms with Gasteiger partial charge >= 0.3 is 106 Å². The fourth-order valence-electron chi connectivity index (χ4n) is 1.84. The summed E-state index contributed by atoms with van der Waals surface area (Å²) in [5.74, 6) is 2.38. The van der Waals surface area contributed by atoms with Crippen LogP contribution in [0.15, 0.2) is 68.4 Å². The van der Waals surface area contributed by atoms with Gasteiger partial charge in [0.25, 0.3) is 0 Å². The Hall–Kier alpha value is -1.62. The van der Waals surface area contributed by atoms with Gasteiger partial charge in [-0.2, -0.15) is 0 Å². The summed E-state index contributed by atoms with van der Waals surface area (Å²) in [6, 6.07) is 11.3. The summed E-state index contributed by atoms with van der Waals surface area (Å²) < 4.78 is 16.0. The van der Waals surface area contributed by atoms with Crippen molar-refractivity contribution in [2.75, 3.05) is 0 Å². The molecule has 0 amide bonds. The van der Waals surface area contributed by atoms with Crippen LogP contribution in [0.5, 0.6) is 0 Å². The SMILES string of the molecule is [Ge][C](c1ccco1)(c1ccco1)c1ccco1. The average Bonchev–Trinajstić information content (AvgIpc) is 3.10. The molecule has 0 aromatic carbocycles. The van der Waals surface area contributed by atoms with Crippen molar-refractivity contribution in [2.45, 2.75) is 4.25 Å². The summed E-state index contributed by atoms with van der Waals surface area (Å²) in [5.41, 5.74) is 0. The van der Waals surface area contributed by atoms with Gasteiger partial charge in [0.1, 0.15) is 0 Å². The van der Waals surface area contributed by atoms with Crippen LogP contribution in [0, 0.1) is 0 Å². The molecule has 3 aromatic rings. The van der Waals surface area contributed by atoms with Crippen LogP contribution in [-0.4, -0.2) is 16.5 Å². The second-order valence-corrected chi connectivity index (χ2v) is 5.26. The minimum atomic E-state index is -0.531. The molecule has 83 valence electrons. The van der Waals surface area contributed by atoms with E-state index in [1.807, 2.05) is 52.9 Å². The molecule has 17 heavy (non-hydrogen) atoms. The van der Waals surface area contributed by atoms with E-state index in [0.29, 0.717) is 0 Å². The second-order valence-electron chi connectivity index (χ2n) is 3.68. The van der Waals surface area contributed by atoms with Crippen molar-refractivity contribution in [3.8, 4) is 0 Å². The van der Waals surface area contributed by atoms with E-state index >= 15 is 0 Å². The Kier molecular flexibility index (Phi) is 2.48. The standard InChI is InChI=1S/C13H9GeO3/c14-13(10-4-1-7-15-10,11-5-2-8-16-11)12-6-3-9-17-12/h1-9H. The number of hydrogen-bond acceptors (Lipinski definition) is 3. The molecular formula is C13H9GeO3. The van der Waals surface area contributed by atoms with E-state index in [2.05, 4.69) is 0 Å². The van der Waals surface area contributed by atoms with Gasteiger partial charge in [0.2, 0.25) is 0 Å². The van der Waals surface area contributed by atoms with Crippen molar-refractivity contribution in [2.24, 2.45) is 0 Å². The Morgan fingerprint density at radius 2 is 1.06 bits per heavy atom. The predicted octanol–water partition coefficient (Wildman–Crippen LogP) is 2.93. The van der Waals surface area contributed by atoms with Crippen molar-refractivity contribution < 1.29 is 13.3 Å². The first-order valence-corrected chi connectivity index (χ1v) is 6.23. The predicted molar refractivity (Wildman–Crippen MR) is 61.8 cm³/mol. The van der Waals surface area contributed by atoms with E-state index in [-0.39, 0.29) is 0 Å². The van der Waals surface area contributed by atoms with Crippen LogP contribution in [0.1, 0.15) is 17.3 Å². The molecule has 0 spiro atoms. The molecule has 0 N–H and O–H groups in total. The molecule has 3 rings (SSSR count). The van der Waals surface area contributed by atoms with Gasteiger partial charge in [0.05, 0.1) is 0 Å². The molecule has 0 atom stereocenters. The Labute approximate surface area is 107 Å². The topological polar surface area (TPSA) is 39.4 Å². The third-order valence-corrected chi connectivity index (χ3v) is 4.22. The summed E-state index contributed by atoms with van der Waals surface area (Å²) in [7, 11) is 0. The van der Waals surface area contributed by atoms with E-state index in [9.17, 15) is 0 Å². The molecular weight excluding hydrogens is 277 g/mol.